The zero-order valence-electron chi connectivity index (χ0n) is 14.8. The van der Waals surface area contributed by atoms with Crippen molar-refractivity contribution in [2.75, 3.05) is 13.6 Å². The number of aliphatic imine (C=N–C) groups is 1. The molecule has 1 unspecified atom stereocenters. The molecule has 0 fully saturated rings. The van der Waals surface area contributed by atoms with Crippen molar-refractivity contribution in [2.45, 2.75) is 39.7 Å². The molecule has 0 radical (unpaired) electrons. The second-order valence-corrected chi connectivity index (χ2v) is 5.76. The zero-order chi connectivity index (χ0) is 16.7. The van der Waals surface area contributed by atoms with Crippen molar-refractivity contribution in [1.29, 1.82) is 0 Å². The summed E-state index contributed by atoms with van der Waals surface area (Å²) in [5, 5.41) is 10.6. The first kappa shape index (κ1) is 20.5. The topological polar surface area (TPSA) is 62.5 Å². The molecule has 0 amide bonds. The van der Waals surface area contributed by atoms with Crippen molar-refractivity contribution in [3.63, 3.8) is 0 Å². The third-order valence-electron chi connectivity index (χ3n) is 3.85. The number of hydrogen-bond donors (Lipinski definition) is 2. The van der Waals surface area contributed by atoms with Gasteiger partial charge in [0.2, 0.25) is 0 Å². The van der Waals surface area contributed by atoms with Crippen molar-refractivity contribution in [3.05, 3.63) is 52.9 Å². The molecular formula is C18H27IN4O. The van der Waals surface area contributed by atoms with Crippen LogP contribution in [0.15, 0.2) is 39.8 Å². The lowest BCUT2D eigenvalue weighted by molar-refractivity contribution is 0.374. The fourth-order valence-electron chi connectivity index (χ4n) is 2.26. The van der Waals surface area contributed by atoms with E-state index in [1.807, 2.05) is 6.07 Å². The maximum Gasteiger partial charge on any atom is 0.191 e. The molecule has 1 atom stereocenters. The number of guanidine groups is 1. The Hall–Kier alpha value is -1.57. The van der Waals surface area contributed by atoms with Gasteiger partial charge in [-0.15, -0.1) is 24.0 Å². The van der Waals surface area contributed by atoms with Crippen LogP contribution >= 0.6 is 24.0 Å². The Bertz CT molecular complexity index is 637. The molecule has 2 rings (SSSR count). The van der Waals surface area contributed by atoms with Crippen molar-refractivity contribution in [2.24, 2.45) is 4.99 Å². The summed E-state index contributed by atoms with van der Waals surface area (Å²) >= 11 is 0. The first-order chi connectivity index (χ1) is 11.1. The molecule has 0 aliphatic heterocycles. The van der Waals surface area contributed by atoms with E-state index in [4.69, 9.17) is 4.52 Å². The third-order valence-corrected chi connectivity index (χ3v) is 3.85. The standard InChI is InChI=1S/C18H26N4O.HI/c1-5-16-10-17(23-22-16)12-21-18(19-4)20-11-14(3)15-8-6-13(2)7-9-15;/h6-10,14H,5,11-12H2,1-4H3,(H2,19,20,21);1H. The Labute approximate surface area is 161 Å². The van der Waals surface area contributed by atoms with Crippen molar-refractivity contribution in [3.8, 4) is 0 Å². The van der Waals surface area contributed by atoms with Crippen LogP contribution in [0.5, 0.6) is 0 Å². The molecular weight excluding hydrogens is 415 g/mol. The van der Waals surface area contributed by atoms with Gasteiger partial charge in [0, 0.05) is 19.7 Å². The number of rotatable bonds is 6. The normalized spacial score (nSPS) is 12.4. The molecule has 0 spiro atoms. The van der Waals surface area contributed by atoms with E-state index in [2.05, 4.69) is 65.8 Å². The molecule has 1 aromatic heterocycles. The van der Waals surface area contributed by atoms with Crippen molar-refractivity contribution in [1.82, 2.24) is 15.8 Å². The third kappa shape index (κ3) is 6.14. The molecule has 2 N–H and O–H groups in total. The van der Waals surface area contributed by atoms with Crippen LogP contribution in [0.1, 0.15) is 42.3 Å². The zero-order valence-corrected chi connectivity index (χ0v) is 17.1. The smallest absolute Gasteiger partial charge is 0.191 e. The minimum Gasteiger partial charge on any atom is -0.359 e. The lowest BCUT2D eigenvalue weighted by Crippen LogP contribution is -2.38. The van der Waals surface area contributed by atoms with E-state index >= 15 is 0 Å². The van der Waals surface area contributed by atoms with E-state index in [-0.39, 0.29) is 24.0 Å². The molecule has 6 heteroatoms. The van der Waals surface area contributed by atoms with E-state index < -0.39 is 0 Å². The van der Waals surface area contributed by atoms with Crippen LogP contribution in [-0.2, 0) is 13.0 Å². The van der Waals surface area contributed by atoms with Crippen LogP contribution in [0.4, 0.5) is 0 Å². The minimum atomic E-state index is 0. The summed E-state index contributed by atoms with van der Waals surface area (Å²) in [6.07, 6.45) is 0.880. The number of nitrogens with one attached hydrogen (secondary N) is 2. The second-order valence-electron chi connectivity index (χ2n) is 5.76. The molecule has 0 saturated heterocycles. The van der Waals surface area contributed by atoms with Gasteiger partial charge in [0.15, 0.2) is 11.7 Å². The first-order valence-corrected chi connectivity index (χ1v) is 8.08. The number of hydrogen-bond acceptors (Lipinski definition) is 3. The Morgan fingerprint density at radius 3 is 2.54 bits per heavy atom. The van der Waals surface area contributed by atoms with Crippen LogP contribution in [0, 0.1) is 6.92 Å². The van der Waals surface area contributed by atoms with Gasteiger partial charge in [-0.05, 0) is 24.8 Å². The summed E-state index contributed by atoms with van der Waals surface area (Å²) in [6.45, 7) is 7.76. The highest BCUT2D eigenvalue weighted by Crippen LogP contribution is 2.14. The van der Waals surface area contributed by atoms with Crippen molar-refractivity contribution < 1.29 is 4.52 Å². The van der Waals surface area contributed by atoms with Gasteiger partial charge in [0.25, 0.3) is 0 Å². The average Bonchev–Trinajstić information content (AvgIpc) is 3.03. The number of nitrogens with zero attached hydrogens (tertiary/aromatic N) is 2. The summed E-state index contributed by atoms with van der Waals surface area (Å²) in [7, 11) is 1.77. The number of aryl methyl sites for hydroxylation is 2. The first-order valence-electron chi connectivity index (χ1n) is 8.08. The average molecular weight is 442 g/mol. The fraction of sp³-hybridized carbons (Fsp3) is 0.444. The van der Waals surface area contributed by atoms with Gasteiger partial charge in [-0.2, -0.15) is 0 Å². The summed E-state index contributed by atoms with van der Waals surface area (Å²) in [6, 6.07) is 10.6. The van der Waals surface area contributed by atoms with Gasteiger partial charge in [-0.25, -0.2) is 0 Å². The van der Waals surface area contributed by atoms with Crippen LogP contribution in [0.2, 0.25) is 0 Å². The number of halogens is 1. The largest absolute Gasteiger partial charge is 0.359 e. The molecule has 0 saturated carbocycles. The van der Waals surface area contributed by atoms with E-state index in [0.29, 0.717) is 12.5 Å². The molecule has 24 heavy (non-hydrogen) atoms. The number of benzene rings is 1. The Morgan fingerprint density at radius 2 is 1.96 bits per heavy atom. The molecule has 1 heterocycles. The van der Waals surface area contributed by atoms with E-state index in [0.717, 1.165) is 30.4 Å². The molecule has 0 aliphatic rings. The molecule has 5 nitrogen and oxygen atoms in total. The fourth-order valence-corrected chi connectivity index (χ4v) is 2.26. The van der Waals surface area contributed by atoms with Crippen LogP contribution < -0.4 is 10.6 Å². The molecule has 0 bridgehead atoms. The lowest BCUT2D eigenvalue weighted by Gasteiger charge is -2.16. The predicted molar refractivity (Wildman–Crippen MR) is 109 cm³/mol. The number of aromatic nitrogens is 1. The van der Waals surface area contributed by atoms with Gasteiger partial charge in [0.1, 0.15) is 0 Å². The quantitative estimate of drug-likeness (QED) is 0.408. The molecule has 2 aromatic rings. The highest BCUT2D eigenvalue weighted by Gasteiger charge is 2.08. The summed E-state index contributed by atoms with van der Waals surface area (Å²) in [5.41, 5.74) is 3.57. The summed E-state index contributed by atoms with van der Waals surface area (Å²) in [4.78, 5) is 4.24. The van der Waals surface area contributed by atoms with Gasteiger partial charge < -0.3 is 15.2 Å². The Morgan fingerprint density at radius 1 is 1.25 bits per heavy atom. The van der Waals surface area contributed by atoms with E-state index in [1.54, 1.807) is 7.05 Å². The lowest BCUT2D eigenvalue weighted by atomic mass is 10.0. The van der Waals surface area contributed by atoms with Crippen molar-refractivity contribution >= 4 is 29.9 Å². The molecule has 0 aliphatic carbocycles. The molecule has 132 valence electrons. The highest BCUT2D eigenvalue weighted by atomic mass is 127. The van der Waals surface area contributed by atoms with Gasteiger partial charge in [0.05, 0.1) is 12.2 Å². The summed E-state index contributed by atoms with van der Waals surface area (Å²) in [5.74, 6) is 1.99. The van der Waals surface area contributed by atoms with Gasteiger partial charge in [-0.3, -0.25) is 4.99 Å². The monoisotopic (exact) mass is 442 g/mol. The highest BCUT2D eigenvalue weighted by molar-refractivity contribution is 14.0. The summed E-state index contributed by atoms with van der Waals surface area (Å²) < 4.78 is 5.26. The van der Waals surface area contributed by atoms with Crippen LogP contribution in [0.25, 0.3) is 0 Å². The minimum absolute atomic E-state index is 0. The predicted octanol–water partition coefficient (Wildman–Crippen LogP) is 3.63. The van der Waals surface area contributed by atoms with Crippen LogP contribution in [-0.4, -0.2) is 24.7 Å². The van der Waals surface area contributed by atoms with E-state index in [1.165, 1.54) is 11.1 Å². The maximum atomic E-state index is 5.26. The Kier molecular flexibility index (Phi) is 8.81. The van der Waals surface area contributed by atoms with Crippen LogP contribution in [0.3, 0.4) is 0 Å². The van der Waals surface area contributed by atoms with Gasteiger partial charge >= 0.3 is 0 Å². The van der Waals surface area contributed by atoms with Gasteiger partial charge in [-0.1, -0.05) is 48.8 Å². The second kappa shape index (κ2) is 10.3. The molecule has 1 aromatic carbocycles. The Balaban J connectivity index is 0.00000288. The maximum absolute atomic E-state index is 5.26. The van der Waals surface area contributed by atoms with E-state index in [9.17, 15) is 0 Å². The SMILES string of the molecule is CCc1cc(CNC(=NC)NCC(C)c2ccc(C)cc2)on1.I.